The predicted molar refractivity (Wildman–Crippen MR) is 157 cm³/mol. The summed E-state index contributed by atoms with van der Waals surface area (Å²) in [6.45, 7) is 3.59. The zero-order chi connectivity index (χ0) is 30.0. The maximum absolute atomic E-state index is 13.1. The van der Waals surface area contributed by atoms with Gasteiger partial charge in [-0.1, -0.05) is 48.5 Å². The van der Waals surface area contributed by atoms with E-state index in [2.05, 4.69) is 44.3 Å². The van der Waals surface area contributed by atoms with E-state index >= 15 is 0 Å². The standard InChI is InChI=1S/C31H31F3N6O2S/c32-31(33,34)27-8-3-6-25(18-27)22-43(41,42)39-21-26(20-35-39)28-9-4-10-30-36-29(37-40(28)30)19-24-13-11-23(12-14-24)7-5-17-38-15-1-2-16-38/h3-4,6,8-14,18,20-21H,1-2,5,7,15-17,19,22H2. The highest BCUT2D eigenvalue weighted by atomic mass is 32.2. The molecule has 0 spiro atoms. The minimum Gasteiger partial charge on any atom is -0.303 e. The van der Waals surface area contributed by atoms with E-state index in [4.69, 9.17) is 0 Å². The lowest BCUT2D eigenvalue weighted by Gasteiger charge is -2.13. The topological polar surface area (TPSA) is 85.4 Å². The molecule has 43 heavy (non-hydrogen) atoms. The van der Waals surface area contributed by atoms with Crippen LogP contribution in [0, 0.1) is 0 Å². The van der Waals surface area contributed by atoms with Gasteiger partial charge in [0.1, 0.15) is 0 Å². The first-order valence-corrected chi connectivity index (χ1v) is 15.8. The zero-order valence-corrected chi connectivity index (χ0v) is 24.2. The highest BCUT2D eigenvalue weighted by Crippen LogP contribution is 2.30. The van der Waals surface area contributed by atoms with Crippen LogP contribution < -0.4 is 0 Å². The van der Waals surface area contributed by atoms with Crippen molar-refractivity contribution in [1.82, 2.24) is 28.7 Å². The molecule has 8 nitrogen and oxygen atoms in total. The minimum atomic E-state index is -4.57. The van der Waals surface area contributed by atoms with E-state index in [1.807, 2.05) is 6.07 Å². The number of rotatable bonds is 10. The van der Waals surface area contributed by atoms with Crippen molar-refractivity contribution >= 4 is 15.7 Å². The number of pyridine rings is 1. The summed E-state index contributed by atoms with van der Waals surface area (Å²) >= 11 is 0. The van der Waals surface area contributed by atoms with Gasteiger partial charge in [-0.2, -0.15) is 27.5 Å². The molecule has 4 heterocycles. The summed E-state index contributed by atoms with van der Waals surface area (Å²) in [6.07, 6.45) is 3.53. The van der Waals surface area contributed by atoms with Crippen LogP contribution in [0.25, 0.3) is 16.9 Å². The first-order chi connectivity index (χ1) is 20.6. The second-order valence-electron chi connectivity index (χ2n) is 10.9. The predicted octanol–water partition coefficient (Wildman–Crippen LogP) is 5.61. The molecule has 1 aliphatic rings. The summed E-state index contributed by atoms with van der Waals surface area (Å²) in [5.74, 6) is -0.00811. The molecule has 12 heteroatoms. The highest BCUT2D eigenvalue weighted by Gasteiger charge is 2.31. The number of nitrogens with zero attached hydrogens (tertiary/aromatic N) is 6. The van der Waals surface area contributed by atoms with Crippen molar-refractivity contribution < 1.29 is 21.6 Å². The van der Waals surface area contributed by atoms with E-state index in [0.717, 1.165) is 41.2 Å². The highest BCUT2D eigenvalue weighted by molar-refractivity contribution is 7.89. The van der Waals surface area contributed by atoms with Gasteiger partial charge in [-0.15, -0.1) is 0 Å². The van der Waals surface area contributed by atoms with Crippen molar-refractivity contribution in [2.24, 2.45) is 0 Å². The van der Waals surface area contributed by atoms with Crippen LogP contribution >= 0.6 is 0 Å². The molecule has 0 aliphatic carbocycles. The van der Waals surface area contributed by atoms with Gasteiger partial charge in [-0.05, 0) is 80.2 Å². The molecular formula is C31H31F3N6O2S. The summed E-state index contributed by atoms with van der Waals surface area (Å²) in [5.41, 5.74) is 3.19. The number of aryl methyl sites for hydroxylation is 1. The molecule has 6 rings (SSSR count). The van der Waals surface area contributed by atoms with Crippen molar-refractivity contribution in [3.8, 4) is 11.3 Å². The van der Waals surface area contributed by atoms with Crippen molar-refractivity contribution in [2.45, 2.75) is 44.0 Å². The molecule has 224 valence electrons. The van der Waals surface area contributed by atoms with Gasteiger partial charge in [-0.3, -0.25) is 0 Å². The Balaban J connectivity index is 1.15. The van der Waals surface area contributed by atoms with Crippen LogP contribution in [0.4, 0.5) is 13.2 Å². The Labute approximate surface area is 247 Å². The lowest BCUT2D eigenvalue weighted by molar-refractivity contribution is -0.137. The fraction of sp³-hybridized carbons (Fsp3) is 0.323. The molecular weight excluding hydrogens is 577 g/mol. The lowest BCUT2D eigenvalue weighted by Crippen LogP contribution is -2.20. The SMILES string of the molecule is O=S(=O)(Cc1cccc(C(F)(F)F)c1)n1cc(-c2cccc3nc(Cc4ccc(CCCN5CCCC5)cc4)nn23)cn1. The average molecular weight is 609 g/mol. The van der Waals surface area contributed by atoms with Gasteiger partial charge in [-0.25, -0.2) is 17.9 Å². The number of hydrogen-bond acceptors (Lipinski definition) is 6. The van der Waals surface area contributed by atoms with E-state index in [-0.39, 0.29) is 5.56 Å². The van der Waals surface area contributed by atoms with Crippen LogP contribution in [-0.4, -0.2) is 56.7 Å². The van der Waals surface area contributed by atoms with Crippen LogP contribution in [0.5, 0.6) is 0 Å². The van der Waals surface area contributed by atoms with E-state index in [9.17, 15) is 21.6 Å². The fourth-order valence-corrected chi connectivity index (χ4v) is 6.66. The summed E-state index contributed by atoms with van der Waals surface area (Å²) in [7, 11) is -4.08. The molecule has 0 unspecified atom stereocenters. The van der Waals surface area contributed by atoms with Crippen LogP contribution in [0.2, 0.25) is 0 Å². The Morgan fingerprint density at radius 1 is 0.884 bits per heavy atom. The van der Waals surface area contributed by atoms with Crippen molar-refractivity contribution in [2.75, 3.05) is 19.6 Å². The van der Waals surface area contributed by atoms with Crippen molar-refractivity contribution in [1.29, 1.82) is 0 Å². The molecule has 2 aromatic carbocycles. The molecule has 0 saturated carbocycles. The van der Waals surface area contributed by atoms with Crippen LogP contribution in [-0.2, 0) is 34.8 Å². The number of likely N-dealkylation sites (tertiary alicyclic amines) is 1. The quantitative estimate of drug-likeness (QED) is 0.205. The summed E-state index contributed by atoms with van der Waals surface area (Å²) in [5, 5.41) is 8.69. The number of hydrogen-bond donors (Lipinski definition) is 0. The number of fused-ring (bicyclic) bond motifs is 1. The monoisotopic (exact) mass is 608 g/mol. The van der Waals surface area contributed by atoms with E-state index in [1.165, 1.54) is 56.0 Å². The lowest BCUT2D eigenvalue weighted by atomic mass is 10.1. The van der Waals surface area contributed by atoms with Crippen molar-refractivity contribution in [3.05, 3.63) is 107 Å². The Morgan fingerprint density at radius 3 is 2.40 bits per heavy atom. The number of halogens is 3. The third kappa shape index (κ3) is 6.80. The fourth-order valence-electron chi connectivity index (χ4n) is 5.47. The van der Waals surface area contributed by atoms with Gasteiger partial charge >= 0.3 is 6.18 Å². The first-order valence-electron chi connectivity index (χ1n) is 14.2. The van der Waals surface area contributed by atoms with Gasteiger partial charge in [0.15, 0.2) is 11.5 Å². The zero-order valence-electron chi connectivity index (χ0n) is 23.4. The van der Waals surface area contributed by atoms with Gasteiger partial charge in [0.2, 0.25) is 0 Å². The molecule has 1 saturated heterocycles. The van der Waals surface area contributed by atoms with Crippen molar-refractivity contribution in [3.63, 3.8) is 0 Å². The molecule has 0 atom stereocenters. The van der Waals surface area contributed by atoms with Crippen LogP contribution in [0.15, 0.2) is 79.1 Å². The molecule has 0 bridgehead atoms. The maximum atomic E-state index is 13.1. The molecule has 0 N–H and O–H groups in total. The number of alkyl halides is 3. The van der Waals surface area contributed by atoms with Gasteiger partial charge < -0.3 is 4.90 Å². The summed E-state index contributed by atoms with van der Waals surface area (Å²) in [4.78, 5) is 7.19. The summed E-state index contributed by atoms with van der Waals surface area (Å²) < 4.78 is 67.7. The Hall–Kier alpha value is -4.03. The Kier molecular flexibility index (Phi) is 8.06. The third-order valence-corrected chi connectivity index (χ3v) is 9.14. The largest absolute Gasteiger partial charge is 0.416 e. The molecule has 0 amide bonds. The maximum Gasteiger partial charge on any atom is 0.416 e. The van der Waals surface area contributed by atoms with Gasteiger partial charge in [0.05, 0.1) is 29.4 Å². The van der Waals surface area contributed by atoms with Crippen LogP contribution in [0.1, 0.15) is 47.3 Å². The second-order valence-corrected chi connectivity index (χ2v) is 12.7. The van der Waals surface area contributed by atoms with Gasteiger partial charge in [0, 0.05) is 12.0 Å². The van der Waals surface area contributed by atoms with E-state index in [0.29, 0.717) is 29.1 Å². The first kappa shape index (κ1) is 29.1. The minimum absolute atomic E-state index is 0.0185. The van der Waals surface area contributed by atoms with E-state index < -0.39 is 27.5 Å². The smallest absolute Gasteiger partial charge is 0.303 e. The number of benzene rings is 2. The van der Waals surface area contributed by atoms with Gasteiger partial charge in [0.25, 0.3) is 10.0 Å². The normalized spacial score (nSPS) is 14.6. The Bertz CT molecular complexity index is 1820. The molecule has 1 aliphatic heterocycles. The average Bonchev–Trinajstić information content (AvgIpc) is 3.75. The number of aromatic nitrogens is 5. The second kappa shape index (κ2) is 11.9. The molecule has 5 aromatic rings. The van der Waals surface area contributed by atoms with E-state index in [1.54, 1.807) is 16.6 Å². The molecule has 0 radical (unpaired) electrons. The third-order valence-electron chi connectivity index (χ3n) is 7.67. The molecule has 3 aromatic heterocycles. The molecule has 1 fully saturated rings. The summed E-state index contributed by atoms with van der Waals surface area (Å²) in [6, 6.07) is 18.2. The Morgan fingerprint density at radius 2 is 1.63 bits per heavy atom. The van der Waals surface area contributed by atoms with Crippen LogP contribution in [0.3, 0.4) is 0 Å².